The Labute approximate surface area is 218 Å². The van der Waals surface area contributed by atoms with E-state index in [-0.39, 0.29) is 12.4 Å². The molecule has 0 bridgehead atoms. The number of anilines is 1. The topological polar surface area (TPSA) is 126 Å². The SMILES string of the molecule is Cn1nnnc1/C(=N\OCc1cccc(NC(=O)OC(C)(C)C)n1)c1ccc(Oc2ccc(F)cc2)cc1. The summed E-state index contributed by atoms with van der Waals surface area (Å²) in [4.78, 5) is 22.0. The highest BCUT2D eigenvalue weighted by Gasteiger charge is 2.17. The van der Waals surface area contributed by atoms with Crippen molar-refractivity contribution in [3.8, 4) is 11.5 Å². The minimum absolute atomic E-state index is 0.0182. The molecule has 0 aliphatic heterocycles. The van der Waals surface area contributed by atoms with Crippen LogP contribution < -0.4 is 10.1 Å². The number of tetrazole rings is 1. The molecule has 12 heteroatoms. The molecule has 4 rings (SSSR count). The van der Waals surface area contributed by atoms with Gasteiger partial charge in [0, 0.05) is 12.6 Å². The first kappa shape index (κ1) is 26.2. The number of hydrogen-bond acceptors (Lipinski definition) is 9. The number of hydrogen-bond donors (Lipinski definition) is 1. The predicted octanol–water partition coefficient (Wildman–Crippen LogP) is 4.85. The van der Waals surface area contributed by atoms with Gasteiger partial charge in [-0.15, -0.1) is 5.10 Å². The van der Waals surface area contributed by atoms with Gasteiger partial charge in [0.1, 0.15) is 28.7 Å². The lowest BCUT2D eigenvalue weighted by atomic mass is 10.1. The Morgan fingerprint density at radius 2 is 1.71 bits per heavy atom. The van der Waals surface area contributed by atoms with Gasteiger partial charge in [-0.05, 0) is 91.9 Å². The highest BCUT2D eigenvalue weighted by atomic mass is 19.1. The molecule has 0 unspecified atom stereocenters. The monoisotopic (exact) mass is 519 g/mol. The summed E-state index contributed by atoms with van der Waals surface area (Å²) >= 11 is 0. The van der Waals surface area contributed by atoms with E-state index in [4.69, 9.17) is 14.3 Å². The van der Waals surface area contributed by atoms with E-state index in [1.165, 1.54) is 16.8 Å². The van der Waals surface area contributed by atoms with Gasteiger partial charge in [0.15, 0.2) is 12.3 Å². The number of carbonyl (C=O) groups is 1. The van der Waals surface area contributed by atoms with E-state index < -0.39 is 11.7 Å². The lowest BCUT2D eigenvalue weighted by Gasteiger charge is -2.19. The number of carbonyl (C=O) groups excluding carboxylic acids is 1. The molecule has 0 saturated carbocycles. The molecule has 2 aromatic heterocycles. The van der Waals surface area contributed by atoms with Gasteiger partial charge in [-0.3, -0.25) is 5.32 Å². The highest BCUT2D eigenvalue weighted by Crippen LogP contribution is 2.23. The molecule has 1 N–H and O–H groups in total. The molecule has 196 valence electrons. The molecule has 0 aliphatic carbocycles. The van der Waals surface area contributed by atoms with Crippen molar-refractivity contribution in [3.05, 3.63) is 89.6 Å². The van der Waals surface area contributed by atoms with Gasteiger partial charge in [0.05, 0.1) is 5.69 Å². The van der Waals surface area contributed by atoms with Crippen molar-refractivity contribution in [2.24, 2.45) is 12.2 Å². The zero-order valence-electron chi connectivity index (χ0n) is 21.3. The molecule has 2 aromatic carbocycles. The van der Waals surface area contributed by atoms with Crippen LogP contribution in [0.5, 0.6) is 11.5 Å². The largest absolute Gasteiger partial charge is 0.457 e. The number of aromatic nitrogens is 5. The van der Waals surface area contributed by atoms with Crippen molar-refractivity contribution in [3.63, 3.8) is 0 Å². The molecule has 1 amide bonds. The summed E-state index contributed by atoms with van der Waals surface area (Å²) in [6.45, 7) is 5.35. The third-order valence-electron chi connectivity index (χ3n) is 4.81. The van der Waals surface area contributed by atoms with Gasteiger partial charge in [0.25, 0.3) is 0 Å². The number of benzene rings is 2. The van der Waals surface area contributed by atoms with Crippen molar-refractivity contribution in [2.45, 2.75) is 33.0 Å². The molecular weight excluding hydrogens is 493 g/mol. The number of rotatable bonds is 8. The third kappa shape index (κ3) is 7.32. The van der Waals surface area contributed by atoms with Gasteiger partial charge in [-0.1, -0.05) is 11.2 Å². The van der Waals surface area contributed by atoms with Gasteiger partial charge >= 0.3 is 6.09 Å². The van der Waals surface area contributed by atoms with Gasteiger partial charge in [-0.25, -0.2) is 18.9 Å². The first-order valence-electron chi connectivity index (χ1n) is 11.6. The van der Waals surface area contributed by atoms with E-state index in [9.17, 15) is 9.18 Å². The molecule has 4 aromatic rings. The lowest BCUT2D eigenvalue weighted by Crippen LogP contribution is -2.27. The summed E-state index contributed by atoms with van der Waals surface area (Å²) in [5.41, 5.74) is 0.952. The maximum atomic E-state index is 13.1. The summed E-state index contributed by atoms with van der Waals surface area (Å²) < 4.78 is 25.6. The molecular formula is C26H26FN7O4. The summed E-state index contributed by atoms with van der Waals surface area (Å²) in [6.07, 6.45) is -0.606. The molecule has 0 spiro atoms. The minimum atomic E-state index is -0.629. The Morgan fingerprint density at radius 3 is 2.34 bits per heavy atom. The fourth-order valence-corrected chi connectivity index (χ4v) is 3.17. The molecule has 0 aliphatic rings. The van der Waals surface area contributed by atoms with Gasteiger partial charge < -0.3 is 14.3 Å². The second-order valence-electron chi connectivity index (χ2n) is 9.06. The number of aryl methyl sites for hydroxylation is 1. The zero-order valence-corrected chi connectivity index (χ0v) is 21.3. The van der Waals surface area contributed by atoms with Crippen LogP contribution in [-0.2, 0) is 23.2 Å². The zero-order chi connectivity index (χ0) is 27.1. The molecule has 0 fully saturated rings. The first-order valence-corrected chi connectivity index (χ1v) is 11.6. The third-order valence-corrected chi connectivity index (χ3v) is 4.81. The first-order chi connectivity index (χ1) is 18.2. The summed E-state index contributed by atoms with van der Waals surface area (Å²) in [6, 6.07) is 17.9. The second-order valence-corrected chi connectivity index (χ2v) is 9.06. The average molecular weight is 520 g/mol. The van der Waals surface area contributed by atoms with Crippen molar-refractivity contribution in [1.82, 2.24) is 25.2 Å². The Bertz CT molecular complexity index is 1410. The fraction of sp³-hybridized carbons (Fsp3) is 0.231. The van der Waals surface area contributed by atoms with E-state index in [1.54, 1.807) is 82.4 Å². The number of nitrogens with one attached hydrogen (secondary N) is 1. The van der Waals surface area contributed by atoms with Crippen LogP contribution in [0.4, 0.5) is 15.0 Å². The number of nitrogens with zero attached hydrogens (tertiary/aromatic N) is 6. The highest BCUT2D eigenvalue weighted by molar-refractivity contribution is 6.10. The smallest absolute Gasteiger partial charge is 0.413 e. The van der Waals surface area contributed by atoms with E-state index in [2.05, 4.69) is 31.0 Å². The molecule has 11 nitrogen and oxygen atoms in total. The van der Waals surface area contributed by atoms with E-state index in [0.29, 0.717) is 40.1 Å². The summed E-state index contributed by atoms with van der Waals surface area (Å²) in [5, 5.41) is 18.5. The minimum Gasteiger partial charge on any atom is -0.457 e. The number of pyridine rings is 1. The molecule has 2 heterocycles. The van der Waals surface area contributed by atoms with Crippen LogP contribution in [0.3, 0.4) is 0 Å². The Hall–Kier alpha value is -4.87. The maximum Gasteiger partial charge on any atom is 0.413 e. The van der Waals surface area contributed by atoms with Crippen LogP contribution in [0.1, 0.15) is 37.9 Å². The molecule has 0 radical (unpaired) electrons. The number of ether oxygens (including phenoxy) is 2. The summed E-state index contributed by atoms with van der Waals surface area (Å²) in [5.74, 6) is 1.41. The van der Waals surface area contributed by atoms with Crippen molar-refractivity contribution in [1.29, 1.82) is 0 Å². The van der Waals surface area contributed by atoms with Crippen molar-refractivity contribution < 1.29 is 23.5 Å². The van der Waals surface area contributed by atoms with Crippen LogP contribution in [-0.4, -0.2) is 42.6 Å². The fourth-order valence-electron chi connectivity index (χ4n) is 3.17. The standard InChI is InChI=1S/C26H26FN7O4/c1-26(2,3)38-25(35)29-22-7-5-6-19(28-22)16-36-31-23(24-30-32-33-34(24)4)17-8-12-20(13-9-17)37-21-14-10-18(27)11-15-21/h5-15H,16H2,1-4H3,(H,28,29,35)/b31-23-. The molecule has 0 saturated heterocycles. The van der Waals surface area contributed by atoms with E-state index >= 15 is 0 Å². The number of halogens is 1. The van der Waals surface area contributed by atoms with Crippen LogP contribution in [0, 0.1) is 5.82 Å². The Balaban J connectivity index is 1.47. The van der Waals surface area contributed by atoms with Crippen molar-refractivity contribution >= 4 is 17.6 Å². The number of amides is 1. The average Bonchev–Trinajstić information content (AvgIpc) is 3.28. The Morgan fingerprint density at radius 1 is 1.03 bits per heavy atom. The van der Waals surface area contributed by atoms with Crippen LogP contribution in [0.2, 0.25) is 0 Å². The Kier molecular flexibility index (Phi) is 7.90. The summed E-state index contributed by atoms with van der Waals surface area (Å²) in [7, 11) is 1.68. The quantitative estimate of drug-likeness (QED) is 0.259. The predicted molar refractivity (Wildman–Crippen MR) is 136 cm³/mol. The van der Waals surface area contributed by atoms with Crippen LogP contribution >= 0.6 is 0 Å². The normalized spacial score (nSPS) is 11.7. The second kappa shape index (κ2) is 11.5. The van der Waals surface area contributed by atoms with Gasteiger partial charge in [-0.2, -0.15) is 0 Å². The van der Waals surface area contributed by atoms with Crippen molar-refractivity contribution in [2.75, 3.05) is 5.32 Å². The van der Waals surface area contributed by atoms with Crippen LogP contribution in [0.15, 0.2) is 71.9 Å². The maximum absolute atomic E-state index is 13.1. The lowest BCUT2D eigenvalue weighted by molar-refractivity contribution is 0.0635. The number of oxime groups is 1. The molecule has 0 atom stereocenters. The molecule has 38 heavy (non-hydrogen) atoms. The van der Waals surface area contributed by atoms with Crippen LogP contribution in [0.25, 0.3) is 0 Å². The van der Waals surface area contributed by atoms with E-state index in [1.807, 2.05) is 0 Å². The van der Waals surface area contributed by atoms with Gasteiger partial charge in [0.2, 0.25) is 5.82 Å². The van der Waals surface area contributed by atoms with E-state index in [0.717, 1.165) is 0 Å².